The molecule has 0 aliphatic carbocycles. The van der Waals surface area contributed by atoms with Crippen LogP contribution in [-0.2, 0) is 14.4 Å². The topological polar surface area (TPSA) is 83.7 Å². The number of amides is 3. The lowest BCUT2D eigenvalue weighted by molar-refractivity contribution is -0.155. The van der Waals surface area contributed by atoms with Gasteiger partial charge >= 0.3 is 11.8 Å². The molecule has 1 aromatic rings. The van der Waals surface area contributed by atoms with Crippen LogP contribution in [0.5, 0.6) is 0 Å². The molecular formula is C18H25N3O3. The first kappa shape index (κ1) is 18.0. The number of nitrogens with two attached hydrogens (primary N) is 1. The summed E-state index contributed by atoms with van der Waals surface area (Å²) in [6.07, 6.45) is 0. The Bertz CT molecular complexity index is 637. The first-order chi connectivity index (χ1) is 11.1. The van der Waals surface area contributed by atoms with Crippen molar-refractivity contribution >= 4 is 17.7 Å². The van der Waals surface area contributed by atoms with E-state index in [0.29, 0.717) is 6.54 Å². The number of rotatable bonds is 1. The van der Waals surface area contributed by atoms with Crippen molar-refractivity contribution in [3.05, 3.63) is 35.9 Å². The third-order valence-corrected chi connectivity index (χ3v) is 4.30. The van der Waals surface area contributed by atoms with Gasteiger partial charge in [-0.15, -0.1) is 0 Å². The molecule has 1 aliphatic heterocycles. The molecule has 0 unspecified atom stereocenters. The Balaban J connectivity index is 2.38. The van der Waals surface area contributed by atoms with Crippen LogP contribution in [0.2, 0.25) is 0 Å². The summed E-state index contributed by atoms with van der Waals surface area (Å²) in [5, 5.41) is 0. The standard InChI is InChI=1S/C18H25N3O3/c1-12-10-21(16(23)15(19)22)14(13-8-6-5-7-9-13)11-20(12)17(24)18(2,3)4/h5-9,12,14H,10-11H2,1-4H3,(H2,19,22)/t12-,14-/m1/s1. The number of hydrogen-bond donors (Lipinski definition) is 1. The van der Waals surface area contributed by atoms with E-state index >= 15 is 0 Å². The Morgan fingerprint density at radius 3 is 2.12 bits per heavy atom. The van der Waals surface area contributed by atoms with E-state index < -0.39 is 17.2 Å². The van der Waals surface area contributed by atoms with Crippen molar-refractivity contribution in [1.82, 2.24) is 9.80 Å². The third-order valence-electron chi connectivity index (χ3n) is 4.30. The number of benzene rings is 1. The zero-order chi connectivity index (χ0) is 18.1. The van der Waals surface area contributed by atoms with Gasteiger partial charge in [-0.05, 0) is 12.5 Å². The molecule has 2 rings (SSSR count). The van der Waals surface area contributed by atoms with E-state index in [1.54, 1.807) is 4.90 Å². The molecule has 0 aromatic heterocycles. The summed E-state index contributed by atoms with van der Waals surface area (Å²) in [4.78, 5) is 39.7. The minimum absolute atomic E-state index is 0.0297. The van der Waals surface area contributed by atoms with Crippen LogP contribution in [0.15, 0.2) is 30.3 Å². The van der Waals surface area contributed by atoms with Crippen molar-refractivity contribution in [2.75, 3.05) is 13.1 Å². The van der Waals surface area contributed by atoms with Crippen LogP contribution in [-0.4, -0.2) is 46.7 Å². The summed E-state index contributed by atoms with van der Waals surface area (Å²) >= 11 is 0. The van der Waals surface area contributed by atoms with Crippen LogP contribution in [0, 0.1) is 5.41 Å². The molecule has 1 aromatic carbocycles. The summed E-state index contributed by atoms with van der Waals surface area (Å²) in [5.41, 5.74) is 5.58. The predicted octanol–water partition coefficient (Wildman–Crippen LogP) is 1.32. The van der Waals surface area contributed by atoms with Gasteiger partial charge in [-0.25, -0.2) is 0 Å². The van der Waals surface area contributed by atoms with Gasteiger partial charge in [0.1, 0.15) is 0 Å². The van der Waals surface area contributed by atoms with E-state index in [2.05, 4.69) is 0 Å². The zero-order valence-electron chi connectivity index (χ0n) is 14.7. The van der Waals surface area contributed by atoms with Gasteiger partial charge in [0.25, 0.3) is 0 Å². The molecule has 1 aliphatic rings. The van der Waals surface area contributed by atoms with Gasteiger partial charge in [-0.2, -0.15) is 0 Å². The molecule has 1 heterocycles. The fraction of sp³-hybridized carbons (Fsp3) is 0.500. The number of hydrogen-bond acceptors (Lipinski definition) is 3. The maximum atomic E-state index is 12.7. The van der Waals surface area contributed by atoms with Gasteiger partial charge in [0.15, 0.2) is 0 Å². The van der Waals surface area contributed by atoms with Crippen LogP contribution in [0.1, 0.15) is 39.3 Å². The molecule has 1 saturated heterocycles. The van der Waals surface area contributed by atoms with Crippen LogP contribution in [0.3, 0.4) is 0 Å². The van der Waals surface area contributed by atoms with Crippen LogP contribution >= 0.6 is 0 Å². The SMILES string of the molecule is C[C@@H]1CN(C(=O)C(N)=O)[C@@H](c2ccccc2)CN1C(=O)C(C)(C)C. The highest BCUT2D eigenvalue weighted by atomic mass is 16.2. The van der Waals surface area contributed by atoms with Crippen LogP contribution in [0.25, 0.3) is 0 Å². The molecule has 24 heavy (non-hydrogen) atoms. The average molecular weight is 331 g/mol. The Hall–Kier alpha value is -2.37. The summed E-state index contributed by atoms with van der Waals surface area (Å²) in [7, 11) is 0. The molecule has 130 valence electrons. The van der Waals surface area contributed by atoms with Gasteiger partial charge in [-0.1, -0.05) is 51.1 Å². The second kappa shape index (κ2) is 6.63. The molecule has 2 atom stereocenters. The Labute approximate surface area is 142 Å². The van der Waals surface area contributed by atoms with Gasteiger partial charge in [0.2, 0.25) is 5.91 Å². The first-order valence-corrected chi connectivity index (χ1v) is 8.09. The van der Waals surface area contributed by atoms with E-state index in [1.807, 2.05) is 58.0 Å². The maximum Gasteiger partial charge on any atom is 0.312 e. The van der Waals surface area contributed by atoms with Crippen molar-refractivity contribution in [3.63, 3.8) is 0 Å². The normalized spacial score (nSPS) is 21.5. The van der Waals surface area contributed by atoms with E-state index in [-0.39, 0.29) is 24.5 Å². The van der Waals surface area contributed by atoms with Crippen LogP contribution < -0.4 is 5.73 Å². The van der Waals surface area contributed by atoms with Crippen molar-refractivity contribution in [2.45, 2.75) is 39.8 Å². The fourth-order valence-electron chi connectivity index (χ4n) is 3.02. The molecule has 0 radical (unpaired) electrons. The lowest BCUT2D eigenvalue weighted by Gasteiger charge is -2.46. The maximum absolute atomic E-state index is 12.7. The first-order valence-electron chi connectivity index (χ1n) is 8.09. The predicted molar refractivity (Wildman–Crippen MR) is 90.7 cm³/mol. The quantitative estimate of drug-likeness (QED) is 0.788. The van der Waals surface area contributed by atoms with Gasteiger partial charge in [0, 0.05) is 24.5 Å². The smallest absolute Gasteiger partial charge is 0.312 e. The summed E-state index contributed by atoms with van der Waals surface area (Å²) < 4.78 is 0. The summed E-state index contributed by atoms with van der Waals surface area (Å²) in [5.74, 6) is -1.65. The zero-order valence-corrected chi connectivity index (χ0v) is 14.7. The molecular weight excluding hydrogens is 306 g/mol. The van der Waals surface area contributed by atoms with Crippen molar-refractivity contribution in [1.29, 1.82) is 0 Å². The van der Waals surface area contributed by atoms with Crippen molar-refractivity contribution < 1.29 is 14.4 Å². The number of nitrogens with zero attached hydrogens (tertiary/aromatic N) is 2. The van der Waals surface area contributed by atoms with Gasteiger partial charge < -0.3 is 15.5 Å². The number of carbonyl (C=O) groups excluding carboxylic acids is 3. The number of primary amides is 1. The minimum Gasteiger partial charge on any atom is -0.361 e. The van der Waals surface area contributed by atoms with E-state index in [4.69, 9.17) is 5.73 Å². The second-order valence-corrected chi connectivity index (χ2v) is 7.30. The highest BCUT2D eigenvalue weighted by molar-refractivity contribution is 6.34. The molecule has 0 saturated carbocycles. The molecule has 0 spiro atoms. The molecule has 3 amide bonds. The summed E-state index contributed by atoms with van der Waals surface area (Å²) in [6.45, 7) is 8.14. The largest absolute Gasteiger partial charge is 0.361 e. The van der Waals surface area contributed by atoms with E-state index in [0.717, 1.165) is 5.56 Å². The Morgan fingerprint density at radius 2 is 1.62 bits per heavy atom. The Morgan fingerprint density at radius 1 is 1.04 bits per heavy atom. The highest BCUT2D eigenvalue weighted by Gasteiger charge is 2.41. The van der Waals surface area contributed by atoms with E-state index in [9.17, 15) is 14.4 Å². The monoisotopic (exact) mass is 331 g/mol. The van der Waals surface area contributed by atoms with Gasteiger partial charge in [0.05, 0.1) is 6.04 Å². The van der Waals surface area contributed by atoms with E-state index in [1.165, 1.54) is 4.90 Å². The molecule has 1 fully saturated rings. The van der Waals surface area contributed by atoms with Crippen molar-refractivity contribution in [2.24, 2.45) is 11.1 Å². The molecule has 6 nitrogen and oxygen atoms in total. The van der Waals surface area contributed by atoms with Gasteiger partial charge in [-0.3, -0.25) is 14.4 Å². The molecule has 2 N–H and O–H groups in total. The highest BCUT2D eigenvalue weighted by Crippen LogP contribution is 2.31. The number of piperazine rings is 1. The lowest BCUT2D eigenvalue weighted by Crippen LogP contribution is -2.60. The third kappa shape index (κ3) is 3.58. The minimum atomic E-state index is -0.973. The lowest BCUT2D eigenvalue weighted by atomic mass is 9.91. The van der Waals surface area contributed by atoms with Crippen LogP contribution in [0.4, 0.5) is 0 Å². The molecule has 0 bridgehead atoms. The molecule has 6 heteroatoms. The fourth-order valence-corrected chi connectivity index (χ4v) is 3.02. The number of carbonyl (C=O) groups is 3. The Kier molecular flexibility index (Phi) is 4.96. The van der Waals surface area contributed by atoms with Crippen molar-refractivity contribution in [3.8, 4) is 0 Å². The summed E-state index contributed by atoms with van der Waals surface area (Å²) in [6, 6.07) is 8.84. The average Bonchev–Trinajstić information content (AvgIpc) is 2.53. The second-order valence-electron chi connectivity index (χ2n) is 7.30.